The molecule has 2 unspecified atom stereocenters. The van der Waals surface area contributed by atoms with Crippen LogP contribution in [-0.4, -0.2) is 9.97 Å². The van der Waals surface area contributed by atoms with Crippen LogP contribution in [0.15, 0.2) is 12.4 Å². The molecule has 3 nitrogen and oxygen atoms in total. The summed E-state index contributed by atoms with van der Waals surface area (Å²) in [5, 5.41) is 0. The maximum absolute atomic E-state index is 6.16. The average molecular weight is 165 g/mol. The number of aromatic amines is 1. The van der Waals surface area contributed by atoms with Crippen LogP contribution in [0, 0.1) is 11.8 Å². The summed E-state index contributed by atoms with van der Waals surface area (Å²) in [7, 11) is 0. The van der Waals surface area contributed by atoms with E-state index >= 15 is 0 Å². The molecule has 0 radical (unpaired) electrons. The van der Waals surface area contributed by atoms with E-state index in [1.165, 1.54) is 0 Å². The normalized spacial score (nSPS) is 34.2. The van der Waals surface area contributed by atoms with Gasteiger partial charge in [-0.25, -0.2) is 4.98 Å². The van der Waals surface area contributed by atoms with Crippen molar-refractivity contribution in [2.75, 3.05) is 0 Å². The maximum Gasteiger partial charge on any atom is 0.126 e. The number of H-pyrrole nitrogens is 1. The van der Waals surface area contributed by atoms with Crippen LogP contribution < -0.4 is 5.73 Å². The molecule has 1 aliphatic rings. The molecular weight excluding hydrogens is 150 g/mol. The van der Waals surface area contributed by atoms with Gasteiger partial charge in [0.15, 0.2) is 0 Å². The Bertz CT molecular complexity index is 265. The second-order valence-electron chi connectivity index (χ2n) is 4.03. The monoisotopic (exact) mass is 165 g/mol. The minimum atomic E-state index is -0.155. The van der Waals surface area contributed by atoms with Crippen LogP contribution in [0.1, 0.15) is 26.1 Å². The first-order chi connectivity index (χ1) is 5.64. The van der Waals surface area contributed by atoms with E-state index in [1.54, 1.807) is 6.20 Å². The highest BCUT2D eigenvalue weighted by atomic mass is 15.0. The van der Waals surface area contributed by atoms with E-state index in [2.05, 4.69) is 23.8 Å². The number of hydrogen-bond donors (Lipinski definition) is 2. The number of rotatable bonds is 2. The van der Waals surface area contributed by atoms with Crippen molar-refractivity contribution in [3.8, 4) is 0 Å². The van der Waals surface area contributed by atoms with Crippen LogP contribution in [-0.2, 0) is 5.54 Å². The molecule has 1 aliphatic carbocycles. The van der Waals surface area contributed by atoms with E-state index in [0.29, 0.717) is 11.8 Å². The van der Waals surface area contributed by atoms with E-state index in [9.17, 15) is 0 Å². The van der Waals surface area contributed by atoms with E-state index in [0.717, 1.165) is 12.2 Å². The van der Waals surface area contributed by atoms with Crippen molar-refractivity contribution in [2.45, 2.75) is 25.8 Å². The average Bonchev–Trinajstić information content (AvgIpc) is 2.52. The fourth-order valence-corrected chi connectivity index (χ4v) is 1.93. The molecule has 2 rings (SSSR count). The largest absolute Gasteiger partial charge is 0.347 e. The Morgan fingerprint density at radius 1 is 1.75 bits per heavy atom. The minimum absolute atomic E-state index is 0.155. The van der Waals surface area contributed by atoms with Crippen LogP contribution in [0.2, 0.25) is 0 Å². The standard InChI is InChI=1S/C9H15N3/c1-6(2)7-5-9(7,10)8-11-3-4-12-8/h3-4,6-7H,5,10H2,1-2H3,(H,11,12). The van der Waals surface area contributed by atoms with E-state index in [4.69, 9.17) is 5.73 Å². The van der Waals surface area contributed by atoms with Gasteiger partial charge in [0.05, 0.1) is 5.54 Å². The topological polar surface area (TPSA) is 54.7 Å². The molecule has 1 heterocycles. The van der Waals surface area contributed by atoms with E-state index < -0.39 is 0 Å². The number of nitrogens with two attached hydrogens (primary N) is 1. The highest BCUT2D eigenvalue weighted by Gasteiger charge is 2.55. The highest BCUT2D eigenvalue weighted by Crippen LogP contribution is 2.52. The quantitative estimate of drug-likeness (QED) is 0.692. The van der Waals surface area contributed by atoms with Gasteiger partial charge in [0.2, 0.25) is 0 Å². The van der Waals surface area contributed by atoms with Gasteiger partial charge in [0, 0.05) is 12.4 Å². The summed E-state index contributed by atoms with van der Waals surface area (Å²) in [6, 6.07) is 0. The first-order valence-electron chi connectivity index (χ1n) is 4.43. The van der Waals surface area contributed by atoms with Gasteiger partial charge >= 0.3 is 0 Å². The lowest BCUT2D eigenvalue weighted by atomic mass is 10.0. The van der Waals surface area contributed by atoms with Crippen LogP contribution in [0.3, 0.4) is 0 Å². The lowest BCUT2D eigenvalue weighted by Crippen LogP contribution is -2.25. The van der Waals surface area contributed by atoms with Crippen molar-refractivity contribution in [1.82, 2.24) is 9.97 Å². The van der Waals surface area contributed by atoms with Crippen molar-refractivity contribution in [1.29, 1.82) is 0 Å². The Morgan fingerprint density at radius 3 is 2.92 bits per heavy atom. The molecule has 0 aliphatic heterocycles. The van der Waals surface area contributed by atoms with Gasteiger partial charge in [0.25, 0.3) is 0 Å². The predicted molar refractivity (Wildman–Crippen MR) is 47.4 cm³/mol. The third-order valence-electron chi connectivity index (χ3n) is 2.80. The summed E-state index contributed by atoms with van der Waals surface area (Å²) in [5.74, 6) is 2.20. The molecule has 0 bridgehead atoms. The number of imidazole rings is 1. The van der Waals surface area contributed by atoms with Gasteiger partial charge in [-0.1, -0.05) is 13.8 Å². The van der Waals surface area contributed by atoms with Gasteiger partial charge in [-0.3, -0.25) is 0 Å². The molecular formula is C9H15N3. The van der Waals surface area contributed by atoms with Crippen molar-refractivity contribution >= 4 is 0 Å². The van der Waals surface area contributed by atoms with E-state index in [-0.39, 0.29) is 5.54 Å². The number of nitrogens with one attached hydrogen (secondary N) is 1. The summed E-state index contributed by atoms with van der Waals surface area (Å²) < 4.78 is 0. The van der Waals surface area contributed by atoms with Crippen molar-refractivity contribution < 1.29 is 0 Å². The molecule has 3 heteroatoms. The molecule has 66 valence electrons. The Balaban J connectivity index is 2.17. The molecule has 0 amide bonds. The zero-order valence-corrected chi connectivity index (χ0v) is 7.54. The fraction of sp³-hybridized carbons (Fsp3) is 0.667. The summed E-state index contributed by atoms with van der Waals surface area (Å²) in [4.78, 5) is 7.29. The summed E-state index contributed by atoms with van der Waals surface area (Å²) in [6.07, 6.45) is 4.66. The number of hydrogen-bond acceptors (Lipinski definition) is 2. The van der Waals surface area contributed by atoms with Crippen molar-refractivity contribution in [3.05, 3.63) is 18.2 Å². The molecule has 1 saturated carbocycles. The molecule has 1 aromatic heterocycles. The molecule has 2 atom stereocenters. The SMILES string of the molecule is CC(C)C1CC1(N)c1ncc[nH]1. The molecule has 1 aromatic rings. The lowest BCUT2D eigenvalue weighted by molar-refractivity contribution is 0.476. The van der Waals surface area contributed by atoms with Crippen LogP contribution in [0.4, 0.5) is 0 Å². The van der Waals surface area contributed by atoms with Gasteiger partial charge in [-0.05, 0) is 18.3 Å². The second kappa shape index (κ2) is 2.33. The molecule has 0 saturated heterocycles. The molecule has 1 fully saturated rings. The summed E-state index contributed by atoms with van der Waals surface area (Å²) in [5.41, 5.74) is 6.01. The van der Waals surface area contributed by atoms with Crippen molar-refractivity contribution in [2.24, 2.45) is 17.6 Å². The summed E-state index contributed by atoms with van der Waals surface area (Å²) >= 11 is 0. The second-order valence-corrected chi connectivity index (χ2v) is 4.03. The molecule has 0 spiro atoms. The number of nitrogens with zero attached hydrogens (tertiary/aromatic N) is 1. The lowest BCUT2D eigenvalue weighted by Gasteiger charge is -2.09. The number of aromatic nitrogens is 2. The van der Waals surface area contributed by atoms with Crippen LogP contribution in [0.25, 0.3) is 0 Å². The van der Waals surface area contributed by atoms with E-state index in [1.807, 2.05) is 6.20 Å². The summed E-state index contributed by atoms with van der Waals surface area (Å²) in [6.45, 7) is 4.42. The van der Waals surface area contributed by atoms with Gasteiger partial charge < -0.3 is 10.7 Å². The molecule has 3 N–H and O–H groups in total. The zero-order valence-electron chi connectivity index (χ0n) is 7.54. The molecule has 12 heavy (non-hydrogen) atoms. The minimum Gasteiger partial charge on any atom is -0.347 e. The Hall–Kier alpha value is -0.830. The Morgan fingerprint density at radius 2 is 2.50 bits per heavy atom. The third-order valence-corrected chi connectivity index (χ3v) is 2.80. The first kappa shape index (κ1) is 7.80. The zero-order chi connectivity index (χ0) is 8.77. The van der Waals surface area contributed by atoms with Gasteiger partial charge in [-0.15, -0.1) is 0 Å². The smallest absolute Gasteiger partial charge is 0.126 e. The van der Waals surface area contributed by atoms with Gasteiger partial charge in [0.1, 0.15) is 5.82 Å². The van der Waals surface area contributed by atoms with Gasteiger partial charge in [-0.2, -0.15) is 0 Å². The maximum atomic E-state index is 6.16. The first-order valence-corrected chi connectivity index (χ1v) is 4.43. The Labute approximate surface area is 72.4 Å². The Kier molecular flexibility index (Phi) is 1.51. The third kappa shape index (κ3) is 0.966. The fourth-order valence-electron chi connectivity index (χ4n) is 1.93. The predicted octanol–water partition coefficient (Wildman–Crippen LogP) is 1.24. The van der Waals surface area contributed by atoms with Crippen LogP contribution in [0.5, 0.6) is 0 Å². The highest BCUT2D eigenvalue weighted by molar-refractivity contribution is 5.19. The van der Waals surface area contributed by atoms with Crippen LogP contribution >= 0.6 is 0 Å². The molecule has 0 aromatic carbocycles. The van der Waals surface area contributed by atoms with Crippen molar-refractivity contribution in [3.63, 3.8) is 0 Å².